The molecule has 0 atom stereocenters. The van der Waals surface area contributed by atoms with Gasteiger partial charge in [-0.2, -0.15) is 0 Å². The SMILES string of the molecule is CN(C)c1ccc(-c2nc(-c3cccs3)[nH]c2-c2ccc(N(C)C)cc2)cc1. The molecule has 0 radical (unpaired) electrons. The summed E-state index contributed by atoms with van der Waals surface area (Å²) in [6.07, 6.45) is 0. The molecule has 0 aliphatic carbocycles. The normalized spacial score (nSPS) is 10.9. The number of anilines is 2. The summed E-state index contributed by atoms with van der Waals surface area (Å²) in [6, 6.07) is 21.3. The van der Waals surface area contributed by atoms with E-state index in [1.807, 2.05) is 0 Å². The highest BCUT2D eigenvalue weighted by atomic mass is 32.1. The minimum atomic E-state index is 0.911. The Morgan fingerprint density at radius 3 is 1.82 bits per heavy atom. The molecule has 2 heterocycles. The second kappa shape index (κ2) is 7.52. The number of rotatable bonds is 5. The van der Waals surface area contributed by atoms with Crippen molar-refractivity contribution in [1.82, 2.24) is 9.97 Å². The number of aromatic nitrogens is 2. The van der Waals surface area contributed by atoms with Gasteiger partial charge in [0.2, 0.25) is 0 Å². The first kappa shape index (κ1) is 18.3. The molecule has 4 aromatic rings. The highest BCUT2D eigenvalue weighted by Crippen LogP contribution is 2.35. The van der Waals surface area contributed by atoms with Crippen LogP contribution in [0.1, 0.15) is 0 Å². The van der Waals surface area contributed by atoms with Gasteiger partial charge in [-0.3, -0.25) is 0 Å². The van der Waals surface area contributed by atoms with E-state index in [0.29, 0.717) is 0 Å². The van der Waals surface area contributed by atoms with Crippen LogP contribution in [0.5, 0.6) is 0 Å². The first-order valence-corrected chi connectivity index (χ1v) is 10.1. The minimum Gasteiger partial charge on any atom is -0.378 e. The zero-order valence-electron chi connectivity index (χ0n) is 16.6. The molecule has 0 unspecified atom stereocenters. The number of benzene rings is 2. The van der Waals surface area contributed by atoms with Crippen LogP contribution in [0.4, 0.5) is 11.4 Å². The first-order valence-electron chi connectivity index (χ1n) is 9.22. The van der Waals surface area contributed by atoms with Crippen LogP contribution in [0.25, 0.3) is 33.2 Å². The fourth-order valence-electron chi connectivity index (χ4n) is 3.16. The Bertz CT molecular complexity index is 974. The summed E-state index contributed by atoms with van der Waals surface area (Å²) in [5, 5.41) is 2.08. The average Bonchev–Trinajstić information content (AvgIpc) is 3.38. The Balaban J connectivity index is 1.82. The molecule has 0 aliphatic heterocycles. The van der Waals surface area contributed by atoms with E-state index in [1.54, 1.807) is 11.3 Å². The van der Waals surface area contributed by atoms with Crippen LogP contribution in [0.15, 0.2) is 66.0 Å². The lowest BCUT2D eigenvalue weighted by molar-refractivity contribution is 1.13. The standard InChI is InChI=1S/C23H24N4S/c1-26(2)18-11-7-16(8-12-18)21-22(17-9-13-19(14-10-17)27(3)4)25-23(24-21)20-6-5-15-28-20/h5-15H,1-4H3,(H,24,25). The van der Waals surface area contributed by atoms with Gasteiger partial charge >= 0.3 is 0 Å². The Morgan fingerprint density at radius 1 is 0.750 bits per heavy atom. The van der Waals surface area contributed by atoms with Crippen molar-refractivity contribution in [3.8, 4) is 33.2 Å². The lowest BCUT2D eigenvalue weighted by Gasteiger charge is -2.13. The third-order valence-electron chi connectivity index (χ3n) is 4.79. The van der Waals surface area contributed by atoms with E-state index in [-0.39, 0.29) is 0 Å². The Morgan fingerprint density at radius 2 is 1.32 bits per heavy atom. The summed E-state index contributed by atoms with van der Waals surface area (Å²) >= 11 is 1.69. The van der Waals surface area contributed by atoms with Gasteiger partial charge in [-0.05, 0) is 35.7 Å². The minimum absolute atomic E-state index is 0.911. The van der Waals surface area contributed by atoms with Crippen molar-refractivity contribution in [3.63, 3.8) is 0 Å². The van der Waals surface area contributed by atoms with E-state index in [2.05, 4.69) is 109 Å². The Kier molecular flexibility index (Phi) is 4.92. The van der Waals surface area contributed by atoms with Crippen LogP contribution in [0.3, 0.4) is 0 Å². The van der Waals surface area contributed by atoms with Gasteiger partial charge in [0.1, 0.15) is 5.82 Å². The van der Waals surface area contributed by atoms with Crippen molar-refractivity contribution in [1.29, 1.82) is 0 Å². The molecule has 5 heteroatoms. The molecule has 0 fully saturated rings. The molecular formula is C23H24N4S. The number of nitrogens with one attached hydrogen (secondary N) is 1. The zero-order chi connectivity index (χ0) is 19.7. The third kappa shape index (κ3) is 3.53. The monoisotopic (exact) mass is 388 g/mol. The van der Waals surface area contributed by atoms with E-state index < -0.39 is 0 Å². The maximum Gasteiger partial charge on any atom is 0.148 e. The van der Waals surface area contributed by atoms with Gasteiger partial charge in [0, 0.05) is 50.7 Å². The zero-order valence-corrected chi connectivity index (χ0v) is 17.4. The van der Waals surface area contributed by atoms with Crippen molar-refractivity contribution >= 4 is 22.7 Å². The van der Waals surface area contributed by atoms with E-state index >= 15 is 0 Å². The molecule has 0 spiro atoms. The van der Waals surface area contributed by atoms with Crippen LogP contribution < -0.4 is 9.80 Å². The second-order valence-corrected chi connectivity index (χ2v) is 8.12. The molecular weight excluding hydrogens is 364 g/mol. The fraction of sp³-hybridized carbons (Fsp3) is 0.174. The molecule has 28 heavy (non-hydrogen) atoms. The average molecular weight is 389 g/mol. The predicted molar refractivity (Wildman–Crippen MR) is 121 cm³/mol. The smallest absolute Gasteiger partial charge is 0.148 e. The molecule has 0 amide bonds. The maximum atomic E-state index is 4.96. The van der Waals surface area contributed by atoms with Crippen molar-refractivity contribution in [2.24, 2.45) is 0 Å². The molecule has 0 aliphatic rings. The van der Waals surface area contributed by atoms with Gasteiger partial charge in [0.25, 0.3) is 0 Å². The second-order valence-electron chi connectivity index (χ2n) is 7.17. The summed E-state index contributed by atoms with van der Waals surface area (Å²) in [5.41, 5.74) is 6.62. The predicted octanol–water partition coefficient (Wildman–Crippen LogP) is 5.60. The Labute approximate surface area is 170 Å². The topological polar surface area (TPSA) is 35.2 Å². The van der Waals surface area contributed by atoms with Crippen LogP contribution in [0, 0.1) is 0 Å². The number of aromatic amines is 1. The van der Waals surface area contributed by atoms with Gasteiger partial charge in [0.05, 0.1) is 16.3 Å². The largest absolute Gasteiger partial charge is 0.378 e. The van der Waals surface area contributed by atoms with Crippen LogP contribution >= 0.6 is 11.3 Å². The molecule has 4 nitrogen and oxygen atoms in total. The number of H-pyrrole nitrogens is 1. The number of hydrogen-bond acceptors (Lipinski definition) is 4. The van der Waals surface area contributed by atoms with E-state index in [9.17, 15) is 0 Å². The van der Waals surface area contributed by atoms with Crippen LogP contribution in [-0.2, 0) is 0 Å². The summed E-state index contributed by atoms with van der Waals surface area (Å²) in [5.74, 6) is 0.911. The van der Waals surface area contributed by atoms with Crippen LogP contribution in [0.2, 0.25) is 0 Å². The molecule has 2 aromatic carbocycles. The van der Waals surface area contributed by atoms with Gasteiger partial charge in [-0.25, -0.2) is 4.98 Å². The highest BCUT2D eigenvalue weighted by Gasteiger charge is 2.16. The fourth-order valence-corrected chi connectivity index (χ4v) is 3.83. The molecule has 1 N–H and O–H groups in total. The summed E-state index contributed by atoms with van der Waals surface area (Å²) in [6.45, 7) is 0. The molecule has 0 bridgehead atoms. The summed E-state index contributed by atoms with van der Waals surface area (Å²) < 4.78 is 0. The summed E-state index contributed by atoms with van der Waals surface area (Å²) in [4.78, 5) is 13.9. The van der Waals surface area contributed by atoms with E-state index in [0.717, 1.165) is 33.2 Å². The lowest BCUT2D eigenvalue weighted by atomic mass is 10.0. The van der Waals surface area contributed by atoms with Crippen molar-refractivity contribution < 1.29 is 0 Å². The van der Waals surface area contributed by atoms with Crippen LogP contribution in [-0.4, -0.2) is 38.2 Å². The molecule has 0 saturated carbocycles. The molecule has 0 saturated heterocycles. The Hall–Kier alpha value is -3.05. The summed E-state index contributed by atoms with van der Waals surface area (Å²) in [7, 11) is 8.21. The van der Waals surface area contributed by atoms with Gasteiger partial charge < -0.3 is 14.8 Å². The first-order chi connectivity index (χ1) is 13.5. The van der Waals surface area contributed by atoms with E-state index in [4.69, 9.17) is 4.98 Å². The van der Waals surface area contributed by atoms with Gasteiger partial charge in [0.15, 0.2) is 0 Å². The third-order valence-corrected chi connectivity index (χ3v) is 5.66. The number of hydrogen-bond donors (Lipinski definition) is 1. The van der Waals surface area contributed by atoms with E-state index in [1.165, 1.54) is 11.4 Å². The molecule has 142 valence electrons. The molecule has 2 aromatic heterocycles. The van der Waals surface area contributed by atoms with Gasteiger partial charge in [-0.1, -0.05) is 30.3 Å². The number of imidazole rings is 1. The maximum absolute atomic E-state index is 4.96. The number of thiophene rings is 1. The van der Waals surface area contributed by atoms with Crippen molar-refractivity contribution in [2.45, 2.75) is 0 Å². The molecule has 4 rings (SSSR count). The van der Waals surface area contributed by atoms with Crippen molar-refractivity contribution in [2.75, 3.05) is 38.0 Å². The van der Waals surface area contributed by atoms with Gasteiger partial charge in [-0.15, -0.1) is 11.3 Å². The highest BCUT2D eigenvalue weighted by molar-refractivity contribution is 7.13. The number of nitrogens with zero attached hydrogens (tertiary/aromatic N) is 3. The van der Waals surface area contributed by atoms with Crippen molar-refractivity contribution in [3.05, 3.63) is 66.0 Å². The quantitative estimate of drug-likeness (QED) is 0.483. The lowest BCUT2D eigenvalue weighted by Crippen LogP contribution is -2.08.